The summed E-state index contributed by atoms with van der Waals surface area (Å²) in [5.74, 6) is 1.83. The van der Waals surface area contributed by atoms with Gasteiger partial charge >= 0.3 is 0 Å². The Labute approximate surface area is 136 Å². The molecule has 1 saturated heterocycles. The Morgan fingerprint density at radius 2 is 2.09 bits per heavy atom. The van der Waals surface area contributed by atoms with Gasteiger partial charge in [0.05, 0.1) is 24.2 Å². The topological polar surface area (TPSA) is 82.1 Å². The molecule has 0 amide bonds. The SMILES string of the molecule is COCc1c(CN)nnn1-c1ccc(N2CCC(C)CC2)nc1. The Hall–Kier alpha value is -1.99. The molecule has 0 bridgehead atoms. The van der Waals surface area contributed by atoms with Crippen LogP contribution in [-0.2, 0) is 17.9 Å². The van der Waals surface area contributed by atoms with Crippen molar-refractivity contribution in [1.29, 1.82) is 0 Å². The first-order valence-corrected chi connectivity index (χ1v) is 8.06. The van der Waals surface area contributed by atoms with Crippen molar-refractivity contribution >= 4 is 5.82 Å². The van der Waals surface area contributed by atoms with Crippen molar-refractivity contribution in [3.63, 3.8) is 0 Å². The fourth-order valence-electron chi connectivity index (χ4n) is 2.91. The number of nitrogens with two attached hydrogens (primary N) is 1. The summed E-state index contributed by atoms with van der Waals surface area (Å²) >= 11 is 0. The number of hydrogen-bond acceptors (Lipinski definition) is 6. The molecular weight excluding hydrogens is 292 g/mol. The van der Waals surface area contributed by atoms with Gasteiger partial charge in [0, 0.05) is 26.7 Å². The number of pyridine rings is 1. The van der Waals surface area contributed by atoms with Crippen LogP contribution in [0.2, 0.25) is 0 Å². The molecule has 0 unspecified atom stereocenters. The van der Waals surface area contributed by atoms with E-state index in [1.54, 1.807) is 11.8 Å². The second-order valence-corrected chi connectivity index (χ2v) is 6.08. The molecular formula is C16H24N6O. The van der Waals surface area contributed by atoms with Gasteiger partial charge < -0.3 is 15.4 Å². The molecule has 2 aromatic rings. The lowest BCUT2D eigenvalue weighted by Crippen LogP contribution is -2.33. The first-order chi connectivity index (χ1) is 11.2. The lowest BCUT2D eigenvalue weighted by Gasteiger charge is -2.31. The smallest absolute Gasteiger partial charge is 0.128 e. The molecule has 2 aromatic heterocycles. The Bertz CT molecular complexity index is 631. The zero-order valence-corrected chi connectivity index (χ0v) is 13.8. The summed E-state index contributed by atoms with van der Waals surface area (Å²) in [5.41, 5.74) is 8.21. The summed E-state index contributed by atoms with van der Waals surface area (Å²) in [5, 5.41) is 8.30. The molecule has 7 nitrogen and oxygen atoms in total. The van der Waals surface area contributed by atoms with Gasteiger partial charge in [-0.1, -0.05) is 12.1 Å². The number of hydrogen-bond donors (Lipinski definition) is 1. The van der Waals surface area contributed by atoms with Crippen LogP contribution in [0.4, 0.5) is 5.82 Å². The van der Waals surface area contributed by atoms with Crippen LogP contribution in [0.5, 0.6) is 0 Å². The van der Waals surface area contributed by atoms with E-state index in [4.69, 9.17) is 10.5 Å². The average molecular weight is 316 g/mol. The number of rotatable bonds is 5. The van der Waals surface area contributed by atoms with Gasteiger partial charge in [-0.3, -0.25) is 0 Å². The molecule has 7 heteroatoms. The Morgan fingerprint density at radius 1 is 1.30 bits per heavy atom. The Morgan fingerprint density at radius 3 is 2.70 bits per heavy atom. The Kier molecular flexibility index (Phi) is 4.88. The van der Waals surface area contributed by atoms with Crippen molar-refractivity contribution in [2.75, 3.05) is 25.1 Å². The van der Waals surface area contributed by atoms with Crippen LogP contribution < -0.4 is 10.6 Å². The lowest BCUT2D eigenvalue weighted by atomic mass is 9.99. The molecule has 0 radical (unpaired) electrons. The number of piperidine rings is 1. The maximum atomic E-state index is 5.71. The van der Waals surface area contributed by atoms with Crippen LogP contribution in [-0.4, -0.2) is 40.2 Å². The highest BCUT2D eigenvalue weighted by Gasteiger charge is 2.18. The van der Waals surface area contributed by atoms with E-state index in [-0.39, 0.29) is 0 Å². The molecule has 1 aliphatic rings. The molecule has 0 aliphatic carbocycles. The molecule has 23 heavy (non-hydrogen) atoms. The highest BCUT2D eigenvalue weighted by molar-refractivity contribution is 5.44. The molecule has 1 aliphatic heterocycles. The van der Waals surface area contributed by atoms with E-state index in [2.05, 4.69) is 27.1 Å². The average Bonchev–Trinajstić information content (AvgIpc) is 2.99. The van der Waals surface area contributed by atoms with Crippen LogP contribution >= 0.6 is 0 Å². The minimum absolute atomic E-state index is 0.343. The summed E-state index contributed by atoms with van der Waals surface area (Å²) in [4.78, 5) is 6.95. The van der Waals surface area contributed by atoms with E-state index in [9.17, 15) is 0 Å². The number of anilines is 1. The summed E-state index contributed by atoms with van der Waals surface area (Å²) in [6, 6.07) is 4.07. The predicted octanol–water partition coefficient (Wildman–Crippen LogP) is 1.50. The van der Waals surface area contributed by atoms with Crippen molar-refractivity contribution in [1.82, 2.24) is 20.0 Å². The molecule has 0 spiro atoms. The van der Waals surface area contributed by atoms with E-state index in [1.165, 1.54) is 12.8 Å². The highest BCUT2D eigenvalue weighted by atomic mass is 16.5. The molecule has 1 fully saturated rings. The summed E-state index contributed by atoms with van der Waals surface area (Å²) in [7, 11) is 1.65. The molecule has 0 atom stereocenters. The van der Waals surface area contributed by atoms with Gasteiger partial charge in [0.1, 0.15) is 11.5 Å². The van der Waals surface area contributed by atoms with E-state index in [1.807, 2.05) is 18.3 Å². The monoisotopic (exact) mass is 316 g/mol. The van der Waals surface area contributed by atoms with Gasteiger partial charge in [0.15, 0.2) is 0 Å². The number of nitrogens with zero attached hydrogens (tertiary/aromatic N) is 5. The first-order valence-electron chi connectivity index (χ1n) is 8.06. The van der Waals surface area contributed by atoms with Gasteiger partial charge in [-0.15, -0.1) is 5.10 Å². The molecule has 3 rings (SSSR count). The molecule has 0 aromatic carbocycles. The van der Waals surface area contributed by atoms with Gasteiger partial charge in [-0.2, -0.15) is 0 Å². The fourth-order valence-corrected chi connectivity index (χ4v) is 2.91. The lowest BCUT2D eigenvalue weighted by molar-refractivity contribution is 0.178. The van der Waals surface area contributed by atoms with Crippen molar-refractivity contribution < 1.29 is 4.74 Å². The zero-order chi connectivity index (χ0) is 16.2. The van der Waals surface area contributed by atoms with Gasteiger partial charge in [-0.05, 0) is 30.9 Å². The third kappa shape index (κ3) is 3.35. The first kappa shape index (κ1) is 15.9. The summed E-state index contributed by atoms with van der Waals surface area (Å²) in [6.07, 6.45) is 4.29. The van der Waals surface area contributed by atoms with E-state index >= 15 is 0 Å². The highest BCUT2D eigenvalue weighted by Crippen LogP contribution is 2.22. The van der Waals surface area contributed by atoms with Crippen molar-refractivity contribution in [2.45, 2.75) is 32.9 Å². The van der Waals surface area contributed by atoms with Gasteiger partial charge in [-0.25, -0.2) is 9.67 Å². The van der Waals surface area contributed by atoms with Crippen LogP contribution in [0.1, 0.15) is 31.2 Å². The second kappa shape index (κ2) is 7.06. The largest absolute Gasteiger partial charge is 0.378 e. The summed E-state index contributed by atoms with van der Waals surface area (Å²) < 4.78 is 6.99. The molecule has 3 heterocycles. The second-order valence-electron chi connectivity index (χ2n) is 6.08. The maximum Gasteiger partial charge on any atom is 0.128 e. The van der Waals surface area contributed by atoms with Crippen LogP contribution in [0.25, 0.3) is 5.69 Å². The molecule has 0 saturated carbocycles. The number of ether oxygens (including phenoxy) is 1. The van der Waals surface area contributed by atoms with E-state index in [0.717, 1.165) is 41.9 Å². The van der Waals surface area contributed by atoms with Crippen molar-refractivity contribution in [3.8, 4) is 5.69 Å². The third-order valence-corrected chi connectivity index (χ3v) is 4.40. The van der Waals surface area contributed by atoms with Crippen LogP contribution in [0.3, 0.4) is 0 Å². The van der Waals surface area contributed by atoms with Gasteiger partial charge in [0.2, 0.25) is 0 Å². The van der Waals surface area contributed by atoms with E-state index in [0.29, 0.717) is 13.2 Å². The Balaban J connectivity index is 1.81. The molecule has 124 valence electrons. The standard InChI is InChI=1S/C16H24N6O/c1-12-5-7-21(8-6-12)16-4-3-13(10-18-16)22-15(11-23-2)14(9-17)19-20-22/h3-4,10,12H,5-9,11,17H2,1-2H3. The molecule has 2 N–H and O–H groups in total. The quantitative estimate of drug-likeness (QED) is 0.900. The minimum Gasteiger partial charge on any atom is -0.378 e. The van der Waals surface area contributed by atoms with Crippen molar-refractivity contribution in [2.24, 2.45) is 11.7 Å². The fraction of sp³-hybridized carbons (Fsp3) is 0.562. The number of methoxy groups -OCH3 is 1. The normalized spacial score (nSPS) is 16.0. The number of aromatic nitrogens is 4. The maximum absolute atomic E-state index is 5.71. The van der Waals surface area contributed by atoms with Gasteiger partial charge in [0.25, 0.3) is 0 Å². The van der Waals surface area contributed by atoms with Crippen molar-refractivity contribution in [3.05, 3.63) is 29.7 Å². The van der Waals surface area contributed by atoms with Crippen LogP contribution in [0, 0.1) is 5.92 Å². The predicted molar refractivity (Wildman–Crippen MR) is 88.4 cm³/mol. The minimum atomic E-state index is 0.343. The van der Waals surface area contributed by atoms with Crippen LogP contribution in [0.15, 0.2) is 18.3 Å². The zero-order valence-electron chi connectivity index (χ0n) is 13.8. The summed E-state index contributed by atoms with van der Waals surface area (Å²) in [6.45, 7) is 5.22. The van der Waals surface area contributed by atoms with E-state index < -0.39 is 0 Å². The third-order valence-electron chi connectivity index (χ3n) is 4.40.